The first-order chi connectivity index (χ1) is 31.0. The second-order valence-corrected chi connectivity index (χ2v) is 18.4. The van der Waals surface area contributed by atoms with Crippen LogP contribution in [0, 0.1) is 0 Å². The minimum absolute atomic E-state index is 0.0679. The van der Waals surface area contributed by atoms with Gasteiger partial charge in [0.1, 0.15) is 6.10 Å². The van der Waals surface area contributed by atoms with E-state index in [1.807, 2.05) is 24.3 Å². The molecule has 63 heavy (non-hydrogen) atoms. The van der Waals surface area contributed by atoms with Crippen molar-refractivity contribution in [3.05, 3.63) is 60.8 Å². The molecule has 366 valence electrons. The first-order valence-corrected chi connectivity index (χ1v) is 27.1. The number of amides is 1. The molecule has 0 aromatic carbocycles. The highest BCUT2D eigenvalue weighted by atomic mass is 16.5. The van der Waals surface area contributed by atoms with Crippen LogP contribution >= 0.6 is 0 Å². The van der Waals surface area contributed by atoms with Crippen molar-refractivity contribution in [3.8, 4) is 0 Å². The summed E-state index contributed by atoms with van der Waals surface area (Å²) >= 11 is 0. The fourth-order valence-corrected chi connectivity index (χ4v) is 8.11. The van der Waals surface area contributed by atoms with Gasteiger partial charge in [-0.05, 0) is 44.9 Å². The number of esters is 1. The number of allylic oxidation sites excluding steroid dienone is 10. The first-order valence-electron chi connectivity index (χ1n) is 27.1. The lowest BCUT2D eigenvalue weighted by molar-refractivity contribution is -0.151. The lowest BCUT2D eigenvalue weighted by atomic mass is 10.0. The smallest absolute Gasteiger partial charge is 0.306 e. The molecule has 0 fully saturated rings. The molecule has 0 heterocycles. The second-order valence-electron chi connectivity index (χ2n) is 18.4. The van der Waals surface area contributed by atoms with E-state index in [2.05, 4.69) is 62.5 Å². The number of ether oxygens (including phenoxy) is 1. The Balaban J connectivity index is 4.55. The van der Waals surface area contributed by atoms with Crippen molar-refractivity contribution in [1.29, 1.82) is 0 Å². The Morgan fingerprint density at radius 2 is 0.841 bits per heavy atom. The number of hydrogen-bond donors (Lipinski definition) is 3. The zero-order valence-corrected chi connectivity index (χ0v) is 41.7. The molecular formula is C57H103NO5. The topological polar surface area (TPSA) is 95.9 Å². The maximum atomic E-state index is 13.2. The summed E-state index contributed by atoms with van der Waals surface area (Å²) in [4.78, 5) is 26.2. The quantitative estimate of drug-likeness (QED) is 0.0321. The van der Waals surface area contributed by atoms with Crippen LogP contribution in [0.2, 0.25) is 0 Å². The van der Waals surface area contributed by atoms with E-state index in [-0.39, 0.29) is 24.9 Å². The predicted octanol–water partition coefficient (Wildman–Crippen LogP) is 16.4. The van der Waals surface area contributed by atoms with Crippen LogP contribution in [-0.4, -0.2) is 46.9 Å². The molecular weight excluding hydrogens is 779 g/mol. The van der Waals surface area contributed by atoms with Gasteiger partial charge in [-0.2, -0.15) is 0 Å². The molecule has 1 amide bonds. The monoisotopic (exact) mass is 882 g/mol. The van der Waals surface area contributed by atoms with Crippen LogP contribution < -0.4 is 5.32 Å². The van der Waals surface area contributed by atoms with Crippen molar-refractivity contribution in [1.82, 2.24) is 5.32 Å². The summed E-state index contributed by atoms with van der Waals surface area (Å²) in [6.45, 7) is 6.40. The van der Waals surface area contributed by atoms with Gasteiger partial charge in [-0.3, -0.25) is 9.59 Å². The number of unbranched alkanes of at least 4 members (excludes halogenated alkanes) is 30. The lowest BCUT2D eigenvalue weighted by Gasteiger charge is -2.24. The molecule has 0 aromatic heterocycles. The van der Waals surface area contributed by atoms with Crippen molar-refractivity contribution in [3.63, 3.8) is 0 Å². The number of carbonyl (C=O) groups is 2. The number of rotatable bonds is 48. The van der Waals surface area contributed by atoms with Crippen LogP contribution in [0.25, 0.3) is 0 Å². The van der Waals surface area contributed by atoms with E-state index in [1.54, 1.807) is 0 Å². The number of nitrogens with one attached hydrogen (secondary N) is 1. The van der Waals surface area contributed by atoms with Gasteiger partial charge in [-0.1, -0.05) is 268 Å². The third-order valence-corrected chi connectivity index (χ3v) is 12.2. The summed E-state index contributed by atoms with van der Waals surface area (Å²) in [7, 11) is 0. The second kappa shape index (κ2) is 50.6. The highest BCUT2D eigenvalue weighted by Gasteiger charge is 2.24. The van der Waals surface area contributed by atoms with Gasteiger partial charge in [-0.15, -0.1) is 0 Å². The van der Waals surface area contributed by atoms with E-state index in [4.69, 9.17) is 4.74 Å². The maximum absolute atomic E-state index is 13.2. The van der Waals surface area contributed by atoms with Gasteiger partial charge in [0, 0.05) is 6.42 Å². The Labute approximate surface area is 390 Å². The van der Waals surface area contributed by atoms with Crippen molar-refractivity contribution in [2.24, 2.45) is 0 Å². The van der Waals surface area contributed by atoms with Crippen LogP contribution in [0.5, 0.6) is 0 Å². The summed E-state index contributed by atoms with van der Waals surface area (Å²) in [6.07, 6.45) is 62.7. The van der Waals surface area contributed by atoms with E-state index < -0.39 is 18.2 Å². The van der Waals surface area contributed by atoms with Crippen LogP contribution in [-0.2, 0) is 14.3 Å². The summed E-state index contributed by atoms with van der Waals surface area (Å²) in [6, 6.07) is -0.706. The summed E-state index contributed by atoms with van der Waals surface area (Å²) in [5.41, 5.74) is 0. The Morgan fingerprint density at radius 1 is 0.460 bits per heavy atom. The Bertz CT molecular complexity index is 1130. The minimum atomic E-state index is -0.792. The SMILES string of the molecule is CCC/C=C/C=C/C=C/C=C/C=C/CCCCCCCC(=O)OC(CCCCCCCCCCCCC)CC(=O)NC(CO)C(O)CCCCCCCCCCCCCCCCC. The average molecular weight is 882 g/mol. The zero-order valence-electron chi connectivity index (χ0n) is 41.7. The number of hydrogen-bond acceptors (Lipinski definition) is 5. The largest absolute Gasteiger partial charge is 0.462 e. The molecule has 0 aliphatic carbocycles. The summed E-state index contributed by atoms with van der Waals surface area (Å²) in [5, 5.41) is 23.8. The number of aliphatic hydroxyl groups excluding tert-OH is 2. The van der Waals surface area contributed by atoms with E-state index >= 15 is 0 Å². The molecule has 0 saturated carbocycles. The number of carbonyl (C=O) groups excluding carboxylic acids is 2. The Morgan fingerprint density at radius 3 is 1.29 bits per heavy atom. The summed E-state index contributed by atoms with van der Waals surface area (Å²) in [5.74, 6) is -0.496. The van der Waals surface area contributed by atoms with Crippen molar-refractivity contribution >= 4 is 11.9 Å². The molecule has 0 rings (SSSR count). The third kappa shape index (κ3) is 45.9. The normalized spacial score (nSPS) is 13.7. The molecule has 0 aromatic rings. The molecule has 3 N–H and O–H groups in total. The minimum Gasteiger partial charge on any atom is -0.462 e. The van der Waals surface area contributed by atoms with E-state index in [9.17, 15) is 19.8 Å². The number of aliphatic hydroxyl groups is 2. The average Bonchev–Trinajstić information content (AvgIpc) is 3.28. The Kier molecular flexibility index (Phi) is 48.6. The highest BCUT2D eigenvalue weighted by molar-refractivity contribution is 5.77. The molecule has 6 heteroatoms. The van der Waals surface area contributed by atoms with Gasteiger partial charge < -0.3 is 20.3 Å². The van der Waals surface area contributed by atoms with Crippen molar-refractivity contribution in [2.75, 3.05) is 6.61 Å². The molecule has 0 spiro atoms. The molecule has 0 bridgehead atoms. The van der Waals surface area contributed by atoms with Gasteiger partial charge in [0.15, 0.2) is 0 Å². The fraction of sp³-hybridized carbons (Fsp3) is 0.789. The first kappa shape index (κ1) is 60.6. The van der Waals surface area contributed by atoms with Gasteiger partial charge >= 0.3 is 5.97 Å². The van der Waals surface area contributed by atoms with E-state index in [0.29, 0.717) is 19.3 Å². The lowest BCUT2D eigenvalue weighted by Crippen LogP contribution is -2.46. The van der Waals surface area contributed by atoms with Gasteiger partial charge in [0.25, 0.3) is 0 Å². The Hall–Kier alpha value is -2.44. The molecule has 0 saturated heterocycles. The highest BCUT2D eigenvalue weighted by Crippen LogP contribution is 2.18. The fourth-order valence-electron chi connectivity index (χ4n) is 8.11. The zero-order chi connectivity index (χ0) is 45.9. The van der Waals surface area contributed by atoms with Gasteiger partial charge in [-0.25, -0.2) is 0 Å². The summed E-state index contributed by atoms with van der Waals surface area (Å²) < 4.78 is 5.93. The van der Waals surface area contributed by atoms with Crippen molar-refractivity contribution < 1.29 is 24.5 Å². The molecule has 0 aliphatic rings. The predicted molar refractivity (Wildman–Crippen MR) is 273 cm³/mol. The van der Waals surface area contributed by atoms with Gasteiger partial charge in [0.2, 0.25) is 5.91 Å². The molecule has 0 radical (unpaired) electrons. The molecule has 3 atom stereocenters. The van der Waals surface area contributed by atoms with Crippen LogP contribution in [0.4, 0.5) is 0 Å². The standard InChI is InChI=1S/C57H103NO5/c1-4-7-10-13-16-19-22-24-26-27-28-30-32-35-38-41-44-47-50-57(62)63-53(48-45-42-39-36-33-21-18-15-12-9-6-3)51-56(61)58-54(52-59)55(60)49-46-43-40-37-34-31-29-25-23-20-17-14-11-8-5-2/h10,13,16,19,22,24,26-28,30,53-55,59-60H,4-9,11-12,14-15,17-18,20-21,23,25,29,31-52H2,1-3H3,(H,58,61)/b13-10+,19-16+,24-22+,27-26+,30-28+. The molecule has 6 nitrogen and oxygen atoms in total. The van der Waals surface area contributed by atoms with Gasteiger partial charge in [0.05, 0.1) is 25.2 Å². The van der Waals surface area contributed by atoms with Crippen LogP contribution in [0.15, 0.2) is 60.8 Å². The van der Waals surface area contributed by atoms with Crippen molar-refractivity contribution in [2.45, 2.75) is 283 Å². The van der Waals surface area contributed by atoms with E-state index in [0.717, 1.165) is 77.0 Å². The molecule has 3 unspecified atom stereocenters. The van der Waals surface area contributed by atoms with Crippen LogP contribution in [0.1, 0.15) is 265 Å². The van der Waals surface area contributed by atoms with E-state index in [1.165, 1.54) is 141 Å². The third-order valence-electron chi connectivity index (χ3n) is 12.2. The molecule has 0 aliphatic heterocycles. The maximum Gasteiger partial charge on any atom is 0.306 e. The van der Waals surface area contributed by atoms with Crippen LogP contribution in [0.3, 0.4) is 0 Å².